The summed E-state index contributed by atoms with van der Waals surface area (Å²) in [6, 6.07) is 1.57. The third kappa shape index (κ3) is 2.68. The van der Waals surface area contributed by atoms with Crippen molar-refractivity contribution in [2.45, 2.75) is 23.5 Å². The van der Waals surface area contributed by atoms with Gasteiger partial charge >= 0.3 is 0 Å². The van der Waals surface area contributed by atoms with Crippen molar-refractivity contribution in [2.24, 2.45) is 0 Å². The Labute approximate surface area is 136 Å². The van der Waals surface area contributed by atoms with Crippen molar-refractivity contribution >= 4 is 43.5 Å². The molecule has 2 atom stereocenters. The van der Waals surface area contributed by atoms with Crippen LogP contribution in [0.15, 0.2) is 23.4 Å². The quantitative estimate of drug-likeness (QED) is 0.883. The minimum Gasteiger partial charge on any atom is -0.345 e. The van der Waals surface area contributed by atoms with Crippen molar-refractivity contribution in [2.75, 3.05) is 18.8 Å². The van der Waals surface area contributed by atoms with Crippen LogP contribution in [0.1, 0.15) is 13.3 Å². The number of nitrogens with one attached hydrogen (secondary N) is 1. The summed E-state index contributed by atoms with van der Waals surface area (Å²) in [6.45, 7) is 2.50. The average Bonchev–Trinajstić information content (AvgIpc) is 2.85. The SMILES string of the molecule is C[C@H]1CCN(S(=O)(=O)c2c[nH]c3nccc(Cl)c23)CC[S@@]1=O. The largest absolute Gasteiger partial charge is 0.345 e. The molecule has 1 N–H and O–H groups in total. The zero-order chi connectivity index (χ0) is 15.9. The number of halogens is 1. The van der Waals surface area contributed by atoms with E-state index in [1.807, 2.05) is 6.92 Å². The standard InChI is InChI=1S/C13H16ClN3O3S2/c1-9-3-5-17(6-7-21(9)18)22(19,20)11-8-16-13-12(11)10(14)2-4-15-13/h2,4,8-9H,3,5-7H2,1H3,(H,15,16)/t9-,21-/m0/s1. The Hall–Kier alpha value is -0.960. The van der Waals surface area contributed by atoms with Gasteiger partial charge in [0.2, 0.25) is 10.0 Å². The van der Waals surface area contributed by atoms with Crippen LogP contribution >= 0.6 is 11.6 Å². The molecular weight excluding hydrogens is 346 g/mol. The number of hydrogen-bond donors (Lipinski definition) is 1. The highest BCUT2D eigenvalue weighted by atomic mass is 35.5. The number of nitrogens with zero attached hydrogens (tertiary/aromatic N) is 2. The van der Waals surface area contributed by atoms with E-state index in [9.17, 15) is 12.6 Å². The topological polar surface area (TPSA) is 83.1 Å². The lowest BCUT2D eigenvalue weighted by molar-refractivity contribution is 0.429. The van der Waals surface area contributed by atoms with Gasteiger partial charge in [0.15, 0.2) is 0 Å². The van der Waals surface area contributed by atoms with Crippen LogP contribution in [-0.4, -0.2) is 51.0 Å². The van der Waals surface area contributed by atoms with Gasteiger partial charge in [-0.25, -0.2) is 13.4 Å². The molecule has 120 valence electrons. The predicted octanol–water partition coefficient (Wildman–Crippen LogP) is 1.75. The molecule has 9 heteroatoms. The first-order valence-corrected chi connectivity index (χ1v) is 10.1. The molecule has 0 spiro atoms. The van der Waals surface area contributed by atoms with E-state index in [4.69, 9.17) is 11.6 Å². The van der Waals surface area contributed by atoms with E-state index in [0.29, 0.717) is 34.8 Å². The fourth-order valence-electron chi connectivity index (χ4n) is 2.53. The zero-order valence-electron chi connectivity index (χ0n) is 12.0. The lowest BCUT2D eigenvalue weighted by atomic mass is 10.3. The van der Waals surface area contributed by atoms with Crippen LogP contribution in [0, 0.1) is 0 Å². The minimum absolute atomic E-state index is 0.00780. The number of H-pyrrole nitrogens is 1. The molecule has 2 aromatic heterocycles. The molecule has 0 saturated carbocycles. The third-order valence-corrected chi connectivity index (χ3v) is 7.84. The lowest BCUT2D eigenvalue weighted by Gasteiger charge is -2.19. The van der Waals surface area contributed by atoms with E-state index < -0.39 is 20.8 Å². The van der Waals surface area contributed by atoms with Gasteiger partial charge in [-0.3, -0.25) is 4.21 Å². The maximum absolute atomic E-state index is 12.9. The molecule has 22 heavy (non-hydrogen) atoms. The van der Waals surface area contributed by atoms with Crippen molar-refractivity contribution in [1.82, 2.24) is 14.3 Å². The number of pyridine rings is 1. The highest BCUT2D eigenvalue weighted by molar-refractivity contribution is 7.89. The minimum atomic E-state index is -3.69. The molecule has 0 unspecified atom stereocenters. The second kappa shape index (κ2) is 5.92. The third-order valence-electron chi connectivity index (χ3n) is 3.88. The van der Waals surface area contributed by atoms with E-state index in [0.717, 1.165) is 0 Å². The Bertz CT molecular complexity index is 834. The van der Waals surface area contributed by atoms with Gasteiger partial charge in [0.1, 0.15) is 10.5 Å². The first kappa shape index (κ1) is 15.9. The highest BCUT2D eigenvalue weighted by Crippen LogP contribution is 2.30. The molecule has 0 bridgehead atoms. The van der Waals surface area contributed by atoms with Crippen LogP contribution in [-0.2, 0) is 20.8 Å². The molecule has 1 fully saturated rings. The van der Waals surface area contributed by atoms with Gasteiger partial charge in [0.05, 0.1) is 10.4 Å². The molecule has 0 radical (unpaired) electrons. The summed E-state index contributed by atoms with van der Waals surface area (Å²) in [5.74, 6) is 0.356. The molecule has 2 aromatic rings. The van der Waals surface area contributed by atoms with E-state index >= 15 is 0 Å². The van der Waals surface area contributed by atoms with Crippen LogP contribution in [0.4, 0.5) is 0 Å². The summed E-state index contributed by atoms with van der Waals surface area (Å²) < 4.78 is 39.1. The van der Waals surface area contributed by atoms with E-state index in [1.165, 1.54) is 16.7 Å². The van der Waals surface area contributed by atoms with Gasteiger partial charge in [0, 0.05) is 47.3 Å². The van der Waals surface area contributed by atoms with Gasteiger partial charge in [-0.05, 0) is 12.5 Å². The molecule has 3 rings (SSSR count). The number of rotatable bonds is 2. The summed E-state index contributed by atoms with van der Waals surface area (Å²) >= 11 is 6.14. The Morgan fingerprint density at radius 1 is 1.45 bits per heavy atom. The Balaban J connectivity index is 2.03. The number of sulfonamides is 1. The van der Waals surface area contributed by atoms with E-state index in [-0.39, 0.29) is 16.7 Å². The Morgan fingerprint density at radius 3 is 3.00 bits per heavy atom. The number of fused-ring (bicyclic) bond motifs is 1. The molecule has 1 saturated heterocycles. The zero-order valence-corrected chi connectivity index (χ0v) is 14.3. The van der Waals surface area contributed by atoms with Gasteiger partial charge < -0.3 is 4.98 Å². The van der Waals surface area contributed by atoms with E-state index in [1.54, 1.807) is 6.07 Å². The van der Waals surface area contributed by atoms with Crippen molar-refractivity contribution in [3.8, 4) is 0 Å². The molecule has 1 aliphatic rings. The second-order valence-electron chi connectivity index (χ2n) is 5.26. The summed E-state index contributed by atoms with van der Waals surface area (Å²) in [4.78, 5) is 7.06. The molecule has 0 aromatic carbocycles. The van der Waals surface area contributed by atoms with Gasteiger partial charge in [-0.2, -0.15) is 4.31 Å². The van der Waals surface area contributed by atoms with Crippen LogP contribution < -0.4 is 0 Å². The molecule has 3 heterocycles. The Morgan fingerprint density at radius 2 is 2.23 bits per heavy atom. The molecule has 0 amide bonds. The van der Waals surface area contributed by atoms with Crippen molar-refractivity contribution < 1.29 is 12.6 Å². The van der Waals surface area contributed by atoms with Crippen molar-refractivity contribution in [1.29, 1.82) is 0 Å². The highest BCUT2D eigenvalue weighted by Gasteiger charge is 2.31. The fourth-order valence-corrected chi connectivity index (χ4v) is 5.75. The van der Waals surface area contributed by atoms with Crippen LogP contribution in [0.5, 0.6) is 0 Å². The van der Waals surface area contributed by atoms with Crippen molar-refractivity contribution in [3.63, 3.8) is 0 Å². The van der Waals surface area contributed by atoms with E-state index in [2.05, 4.69) is 9.97 Å². The maximum atomic E-state index is 12.9. The van der Waals surface area contributed by atoms with Crippen LogP contribution in [0.3, 0.4) is 0 Å². The molecular formula is C13H16ClN3O3S2. The molecule has 0 aliphatic carbocycles. The predicted molar refractivity (Wildman–Crippen MR) is 87.0 cm³/mol. The second-order valence-corrected chi connectivity index (χ2v) is 9.55. The first-order valence-electron chi connectivity index (χ1n) is 6.90. The normalized spacial score (nSPS) is 24.5. The number of hydrogen-bond acceptors (Lipinski definition) is 4. The summed E-state index contributed by atoms with van der Waals surface area (Å²) in [5, 5.41) is 0.757. The fraction of sp³-hybridized carbons (Fsp3) is 0.462. The maximum Gasteiger partial charge on any atom is 0.245 e. The molecule has 6 nitrogen and oxygen atoms in total. The Kier molecular flexibility index (Phi) is 4.28. The average molecular weight is 362 g/mol. The van der Waals surface area contributed by atoms with Gasteiger partial charge in [-0.1, -0.05) is 18.5 Å². The first-order chi connectivity index (χ1) is 10.4. The van der Waals surface area contributed by atoms with Gasteiger partial charge in [0.25, 0.3) is 0 Å². The van der Waals surface area contributed by atoms with Crippen molar-refractivity contribution in [3.05, 3.63) is 23.5 Å². The number of aromatic amines is 1. The summed E-state index contributed by atoms with van der Waals surface area (Å²) in [7, 11) is -4.68. The summed E-state index contributed by atoms with van der Waals surface area (Å²) in [5.41, 5.74) is 0.442. The lowest BCUT2D eigenvalue weighted by Crippen LogP contribution is -2.33. The summed E-state index contributed by atoms with van der Waals surface area (Å²) in [6.07, 6.45) is 3.53. The monoisotopic (exact) mass is 361 g/mol. The smallest absolute Gasteiger partial charge is 0.245 e. The molecule has 1 aliphatic heterocycles. The van der Waals surface area contributed by atoms with Gasteiger partial charge in [-0.15, -0.1) is 0 Å². The number of aromatic nitrogens is 2. The van der Waals surface area contributed by atoms with Crippen LogP contribution in [0.2, 0.25) is 5.02 Å². The van der Waals surface area contributed by atoms with Crippen LogP contribution in [0.25, 0.3) is 11.0 Å².